The van der Waals surface area contributed by atoms with Gasteiger partial charge in [-0.3, -0.25) is 4.98 Å². The normalized spacial score (nSPS) is 10.3. The van der Waals surface area contributed by atoms with Gasteiger partial charge >= 0.3 is 0 Å². The number of aromatic nitrogens is 2. The fourth-order valence-corrected chi connectivity index (χ4v) is 0.936. The van der Waals surface area contributed by atoms with Gasteiger partial charge in [-0.2, -0.15) is 4.98 Å². The quantitative estimate of drug-likeness (QED) is 0.780. The molecular formula is C10H17N3O. The van der Waals surface area contributed by atoms with Crippen LogP contribution in [0.5, 0.6) is 5.88 Å². The van der Waals surface area contributed by atoms with Crippen molar-refractivity contribution in [3.63, 3.8) is 0 Å². The number of anilines is 1. The Balaban J connectivity index is 2.54. The van der Waals surface area contributed by atoms with Crippen LogP contribution in [0.15, 0.2) is 12.4 Å². The molecule has 0 radical (unpaired) electrons. The summed E-state index contributed by atoms with van der Waals surface area (Å²) in [5, 5.41) is 3.08. The number of hydrogen-bond donors (Lipinski definition) is 1. The lowest BCUT2D eigenvalue weighted by Gasteiger charge is -2.08. The van der Waals surface area contributed by atoms with Crippen LogP contribution >= 0.6 is 0 Å². The van der Waals surface area contributed by atoms with Gasteiger partial charge in [-0.25, -0.2) is 0 Å². The molecule has 0 aliphatic rings. The number of hydrogen-bond acceptors (Lipinski definition) is 4. The first-order valence-corrected chi connectivity index (χ1v) is 4.91. The average molecular weight is 195 g/mol. The molecule has 0 saturated heterocycles. The first-order valence-electron chi connectivity index (χ1n) is 4.91. The van der Waals surface area contributed by atoms with Crippen molar-refractivity contribution in [3.8, 4) is 5.88 Å². The van der Waals surface area contributed by atoms with Gasteiger partial charge < -0.3 is 10.1 Å². The summed E-state index contributed by atoms with van der Waals surface area (Å²) in [6.07, 6.45) is 3.31. The Labute approximate surface area is 84.7 Å². The van der Waals surface area contributed by atoms with Crippen molar-refractivity contribution in [1.82, 2.24) is 9.97 Å². The molecule has 0 bridgehead atoms. The molecule has 14 heavy (non-hydrogen) atoms. The third-order valence-corrected chi connectivity index (χ3v) is 1.53. The van der Waals surface area contributed by atoms with Gasteiger partial charge in [0.2, 0.25) is 5.88 Å². The summed E-state index contributed by atoms with van der Waals surface area (Å²) in [6.45, 7) is 7.72. The molecule has 78 valence electrons. The Morgan fingerprint density at radius 2 is 2.21 bits per heavy atom. The Kier molecular flexibility index (Phi) is 4.16. The van der Waals surface area contributed by atoms with Gasteiger partial charge in [-0.15, -0.1) is 0 Å². The first kappa shape index (κ1) is 10.8. The van der Waals surface area contributed by atoms with E-state index in [0.29, 0.717) is 18.4 Å². The first-order chi connectivity index (χ1) is 6.72. The zero-order valence-corrected chi connectivity index (χ0v) is 8.95. The Hall–Kier alpha value is -1.32. The van der Waals surface area contributed by atoms with Gasteiger partial charge in [0, 0.05) is 6.54 Å². The third kappa shape index (κ3) is 3.60. The van der Waals surface area contributed by atoms with Crippen LogP contribution in [-0.4, -0.2) is 23.1 Å². The molecule has 0 unspecified atom stereocenters. The van der Waals surface area contributed by atoms with Crippen molar-refractivity contribution in [3.05, 3.63) is 12.4 Å². The molecule has 1 aromatic rings. The molecule has 4 heteroatoms. The van der Waals surface area contributed by atoms with E-state index >= 15 is 0 Å². The minimum absolute atomic E-state index is 0.500. The van der Waals surface area contributed by atoms with Crippen molar-refractivity contribution in [2.45, 2.75) is 20.8 Å². The molecule has 0 aliphatic heterocycles. The van der Waals surface area contributed by atoms with Crippen LogP contribution in [0.1, 0.15) is 20.8 Å². The summed E-state index contributed by atoms with van der Waals surface area (Å²) in [5.74, 6) is 1.84. The molecule has 0 aromatic carbocycles. The van der Waals surface area contributed by atoms with Gasteiger partial charge in [0.25, 0.3) is 0 Å². The highest BCUT2D eigenvalue weighted by Gasteiger charge is 2.00. The molecule has 1 rings (SSSR count). The van der Waals surface area contributed by atoms with Crippen LogP contribution in [0.3, 0.4) is 0 Å². The molecule has 1 N–H and O–H groups in total. The molecular weight excluding hydrogens is 178 g/mol. The van der Waals surface area contributed by atoms with Crippen molar-refractivity contribution in [2.75, 3.05) is 18.5 Å². The van der Waals surface area contributed by atoms with E-state index in [1.165, 1.54) is 0 Å². The fourth-order valence-electron chi connectivity index (χ4n) is 0.936. The Morgan fingerprint density at radius 3 is 2.86 bits per heavy atom. The molecule has 0 atom stereocenters. The average Bonchev–Trinajstić information content (AvgIpc) is 2.16. The highest BCUT2D eigenvalue weighted by atomic mass is 16.5. The van der Waals surface area contributed by atoms with Crippen LogP contribution in [0, 0.1) is 5.92 Å². The summed E-state index contributed by atoms with van der Waals surface area (Å²) >= 11 is 0. The lowest BCUT2D eigenvalue weighted by atomic mass is 10.2. The predicted molar refractivity (Wildman–Crippen MR) is 56.5 cm³/mol. The maximum absolute atomic E-state index is 5.44. The van der Waals surface area contributed by atoms with E-state index in [9.17, 15) is 0 Å². The second kappa shape index (κ2) is 5.42. The maximum Gasteiger partial charge on any atom is 0.234 e. The topological polar surface area (TPSA) is 47.0 Å². The van der Waals surface area contributed by atoms with E-state index in [0.717, 1.165) is 12.4 Å². The second-order valence-electron chi connectivity index (χ2n) is 3.48. The minimum Gasteiger partial charge on any atom is -0.476 e. The molecule has 0 spiro atoms. The van der Waals surface area contributed by atoms with E-state index in [4.69, 9.17) is 4.74 Å². The van der Waals surface area contributed by atoms with Gasteiger partial charge in [-0.05, 0) is 12.8 Å². The molecule has 1 aromatic heterocycles. The van der Waals surface area contributed by atoms with Crippen molar-refractivity contribution < 1.29 is 4.74 Å². The summed E-state index contributed by atoms with van der Waals surface area (Å²) in [7, 11) is 0. The molecule has 0 saturated carbocycles. The van der Waals surface area contributed by atoms with Gasteiger partial charge in [0.1, 0.15) is 5.82 Å². The molecule has 0 aliphatic carbocycles. The van der Waals surface area contributed by atoms with E-state index < -0.39 is 0 Å². The van der Waals surface area contributed by atoms with Crippen molar-refractivity contribution >= 4 is 5.82 Å². The standard InChI is InChI=1S/C10H17N3O/c1-4-12-9-5-11-6-10(13-9)14-7-8(2)3/h5-6,8H,4,7H2,1-3H3,(H,12,13). The summed E-state index contributed by atoms with van der Waals surface area (Å²) < 4.78 is 5.44. The molecule has 0 fully saturated rings. The van der Waals surface area contributed by atoms with Crippen molar-refractivity contribution in [2.24, 2.45) is 5.92 Å². The lowest BCUT2D eigenvalue weighted by Crippen LogP contribution is -2.07. The largest absolute Gasteiger partial charge is 0.476 e. The van der Waals surface area contributed by atoms with Crippen LogP contribution in [0.2, 0.25) is 0 Å². The third-order valence-electron chi connectivity index (χ3n) is 1.53. The smallest absolute Gasteiger partial charge is 0.234 e. The van der Waals surface area contributed by atoms with E-state index in [-0.39, 0.29) is 0 Å². The summed E-state index contributed by atoms with van der Waals surface area (Å²) in [6, 6.07) is 0. The fraction of sp³-hybridized carbons (Fsp3) is 0.600. The monoisotopic (exact) mass is 195 g/mol. The number of nitrogens with zero attached hydrogens (tertiary/aromatic N) is 2. The highest BCUT2D eigenvalue weighted by molar-refractivity contribution is 5.32. The predicted octanol–water partition coefficient (Wildman–Crippen LogP) is 1.94. The minimum atomic E-state index is 0.500. The van der Waals surface area contributed by atoms with Gasteiger partial charge in [0.05, 0.1) is 19.0 Å². The summed E-state index contributed by atoms with van der Waals surface area (Å²) in [5.41, 5.74) is 0. The van der Waals surface area contributed by atoms with Crippen LogP contribution in [0.25, 0.3) is 0 Å². The second-order valence-corrected chi connectivity index (χ2v) is 3.48. The van der Waals surface area contributed by atoms with E-state index in [2.05, 4.69) is 29.1 Å². The highest BCUT2D eigenvalue weighted by Crippen LogP contribution is 2.09. The van der Waals surface area contributed by atoms with E-state index in [1.54, 1.807) is 12.4 Å². The van der Waals surface area contributed by atoms with Crippen LogP contribution < -0.4 is 10.1 Å². The van der Waals surface area contributed by atoms with Gasteiger partial charge in [-0.1, -0.05) is 13.8 Å². The zero-order chi connectivity index (χ0) is 10.4. The van der Waals surface area contributed by atoms with Gasteiger partial charge in [0.15, 0.2) is 0 Å². The molecule has 4 nitrogen and oxygen atoms in total. The SMILES string of the molecule is CCNc1cncc(OCC(C)C)n1. The number of nitrogens with one attached hydrogen (secondary N) is 1. The lowest BCUT2D eigenvalue weighted by molar-refractivity contribution is 0.260. The van der Waals surface area contributed by atoms with Crippen LogP contribution in [0.4, 0.5) is 5.82 Å². The Bertz CT molecular complexity index is 276. The van der Waals surface area contributed by atoms with Crippen LogP contribution in [-0.2, 0) is 0 Å². The maximum atomic E-state index is 5.44. The number of ether oxygens (including phenoxy) is 1. The van der Waals surface area contributed by atoms with E-state index in [1.807, 2.05) is 6.92 Å². The molecule has 1 heterocycles. The zero-order valence-electron chi connectivity index (χ0n) is 8.95. The molecule has 0 amide bonds. The Morgan fingerprint density at radius 1 is 1.43 bits per heavy atom. The van der Waals surface area contributed by atoms with Crippen molar-refractivity contribution in [1.29, 1.82) is 0 Å². The number of rotatable bonds is 5. The summed E-state index contributed by atoms with van der Waals surface area (Å²) in [4.78, 5) is 8.27.